The first-order valence-corrected chi connectivity index (χ1v) is 8.80. The molecule has 27 heavy (non-hydrogen) atoms. The fourth-order valence-corrected chi connectivity index (χ4v) is 3.09. The van der Waals surface area contributed by atoms with Crippen LogP contribution in [0.5, 0.6) is 5.75 Å². The van der Waals surface area contributed by atoms with Gasteiger partial charge in [0, 0.05) is 0 Å². The summed E-state index contributed by atoms with van der Waals surface area (Å²) in [5.74, 6) is -0.540. The molecular weight excluding hydrogens is 356 g/mol. The number of benzene rings is 2. The maximum absolute atomic E-state index is 13.6. The summed E-state index contributed by atoms with van der Waals surface area (Å²) in [6, 6.07) is 9.15. The summed E-state index contributed by atoms with van der Waals surface area (Å²) in [4.78, 5) is 0. The average Bonchev–Trinajstić information content (AvgIpc) is 2.52. The van der Waals surface area contributed by atoms with E-state index in [1.807, 2.05) is 26.0 Å². The first kappa shape index (κ1) is 21.3. The summed E-state index contributed by atoms with van der Waals surface area (Å²) in [5, 5.41) is 0. The van der Waals surface area contributed by atoms with Crippen molar-refractivity contribution in [1.82, 2.24) is 0 Å². The molecule has 0 aliphatic heterocycles. The molecule has 0 atom stereocenters. The van der Waals surface area contributed by atoms with Gasteiger partial charge < -0.3 is 4.74 Å². The van der Waals surface area contributed by atoms with Crippen LogP contribution in [0.3, 0.4) is 0 Å². The Balaban J connectivity index is 2.45. The Morgan fingerprint density at radius 1 is 0.852 bits per heavy atom. The fourth-order valence-electron chi connectivity index (χ4n) is 3.09. The lowest BCUT2D eigenvalue weighted by atomic mass is 9.77. The van der Waals surface area contributed by atoms with Gasteiger partial charge >= 0.3 is 6.18 Å². The van der Waals surface area contributed by atoms with E-state index >= 15 is 0 Å². The predicted octanol–water partition coefficient (Wildman–Crippen LogP) is 6.67. The molecule has 1 nitrogen and oxygen atoms in total. The van der Waals surface area contributed by atoms with Crippen LogP contribution >= 0.6 is 0 Å². The Morgan fingerprint density at radius 2 is 1.48 bits per heavy atom. The third-order valence-electron chi connectivity index (χ3n) is 4.77. The second-order valence-electron chi connectivity index (χ2n) is 8.57. The smallest absolute Gasteiger partial charge is 0.419 e. The Morgan fingerprint density at radius 3 is 2.00 bits per heavy atom. The molecule has 2 aromatic rings. The number of hydrogen-bond donors (Lipinski definition) is 0. The number of halogens is 4. The summed E-state index contributed by atoms with van der Waals surface area (Å²) in [5.41, 5.74) is 0.553. The zero-order valence-corrected chi connectivity index (χ0v) is 16.6. The molecule has 148 valence electrons. The summed E-state index contributed by atoms with van der Waals surface area (Å²) in [6.45, 7) is 9.98. The molecule has 0 saturated carbocycles. The van der Waals surface area contributed by atoms with Gasteiger partial charge in [0.2, 0.25) is 0 Å². The minimum Gasteiger partial charge on any atom is -0.497 e. The van der Waals surface area contributed by atoms with E-state index in [2.05, 4.69) is 26.8 Å². The maximum atomic E-state index is 13.6. The standard InChI is InChI=1S/C22H26F4O/c1-20(2,3)16-9-14(10-17(11-16)27-6)13-21(4,5)15-7-8-19(23)18(12-15)22(24,25)26/h7-12H,13H2,1-6H3. The van der Waals surface area contributed by atoms with Crippen molar-refractivity contribution in [2.75, 3.05) is 7.11 Å². The van der Waals surface area contributed by atoms with Crippen LogP contribution in [-0.4, -0.2) is 7.11 Å². The van der Waals surface area contributed by atoms with Crippen LogP contribution in [0, 0.1) is 5.82 Å². The minimum atomic E-state index is -4.72. The predicted molar refractivity (Wildman–Crippen MR) is 99.8 cm³/mol. The molecule has 0 aliphatic rings. The van der Waals surface area contributed by atoms with Crippen LogP contribution in [0.2, 0.25) is 0 Å². The molecule has 0 saturated heterocycles. The second kappa shape index (κ2) is 7.17. The van der Waals surface area contributed by atoms with E-state index < -0.39 is 23.0 Å². The lowest BCUT2D eigenvalue weighted by molar-refractivity contribution is -0.140. The molecule has 2 rings (SSSR count). The second-order valence-corrected chi connectivity index (χ2v) is 8.57. The summed E-state index contributed by atoms with van der Waals surface area (Å²) in [7, 11) is 1.59. The van der Waals surface area contributed by atoms with E-state index in [0.29, 0.717) is 17.7 Å². The van der Waals surface area contributed by atoms with Gasteiger partial charge in [-0.15, -0.1) is 0 Å². The van der Waals surface area contributed by atoms with Gasteiger partial charge in [-0.25, -0.2) is 4.39 Å². The first-order chi connectivity index (χ1) is 12.2. The number of ether oxygens (including phenoxy) is 1. The van der Waals surface area contributed by atoms with Crippen LogP contribution < -0.4 is 4.74 Å². The maximum Gasteiger partial charge on any atom is 0.419 e. The quantitative estimate of drug-likeness (QED) is 0.537. The van der Waals surface area contributed by atoms with Crippen molar-refractivity contribution >= 4 is 0 Å². The minimum absolute atomic E-state index is 0.0905. The van der Waals surface area contributed by atoms with Gasteiger partial charge in [-0.2, -0.15) is 13.2 Å². The highest BCUT2D eigenvalue weighted by atomic mass is 19.4. The van der Waals surface area contributed by atoms with Crippen LogP contribution in [0.15, 0.2) is 36.4 Å². The Labute approximate surface area is 158 Å². The van der Waals surface area contributed by atoms with E-state index in [1.54, 1.807) is 7.11 Å². The molecule has 0 aliphatic carbocycles. The molecule has 0 amide bonds. The molecule has 0 N–H and O–H groups in total. The van der Waals surface area contributed by atoms with Crippen molar-refractivity contribution in [1.29, 1.82) is 0 Å². The van der Waals surface area contributed by atoms with Crippen molar-refractivity contribution < 1.29 is 22.3 Å². The van der Waals surface area contributed by atoms with Crippen LogP contribution in [0.4, 0.5) is 17.6 Å². The Kier molecular flexibility index (Phi) is 5.65. The summed E-state index contributed by atoms with van der Waals surface area (Å²) < 4.78 is 58.2. The molecule has 0 spiro atoms. The van der Waals surface area contributed by atoms with E-state index in [4.69, 9.17) is 4.74 Å². The molecule has 5 heteroatoms. The Bertz CT molecular complexity index is 814. The highest BCUT2D eigenvalue weighted by Gasteiger charge is 2.35. The van der Waals surface area contributed by atoms with Gasteiger partial charge in [0.1, 0.15) is 11.6 Å². The molecule has 0 fully saturated rings. The molecule has 0 radical (unpaired) electrons. The van der Waals surface area contributed by atoms with Crippen molar-refractivity contribution in [2.24, 2.45) is 0 Å². The lowest BCUT2D eigenvalue weighted by Gasteiger charge is -2.28. The van der Waals surface area contributed by atoms with E-state index in [1.165, 1.54) is 6.07 Å². The summed E-state index contributed by atoms with van der Waals surface area (Å²) in [6.07, 6.45) is -4.22. The molecule has 0 unspecified atom stereocenters. The fraction of sp³-hybridized carbons (Fsp3) is 0.455. The van der Waals surface area contributed by atoms with Crippen molar-refractivity contribution in [3.8, 4) is 5.75 Å². The number of hydrogen-bond acceptors (Lipinski definition) is 1. The van der Waals surface area contributed by atoms with Crippen LogP contribution in [-0.2, 0) is 23.4 Å². The highest BCUT2D eigenvalue weighted by Crippen LogP contribution is 2.37. The highest BCUT2D eigenvalue weighted by molar-refractivity contribution is 5.40. The number of methoxy groups -OCH3 is 1. The Hall–Kier alpha value is -2.04. The van der Waals surface area contributed by atoms with Crippen molar-refractivity contribution in [3.63, 3.8) is 0 Å². The van der Waals surface area contributed by atoms with Gasteiger partial charge in [0.15, 0.2) is 0 Å². The van der Waals surface area contributed by atoms with E-state index in [9.17, 15) is 17.6 Å². The van der Waals surface area contributed by atoms with E-state index in [-0.39, 0.29) is 5.41 Å². The molecule has 0 bridgehead atoms. The van der Waals surface area contributed by atoms with Gasteiger partial charge in [-0.1, -0.05) is 46.8 Å². The normalized spacial score (nSPS) is 13.0. The third kappa shape index (κ3) is 5.02. The number of rotatable bonds is 4. The molecular formula is C22H26F4O. The zero-order chi connectivity index (χ0) is 20.6. The SMILES string of the molecule is COc1cc(CC(C)(C)c2ccc(F)c(C(F)(F)F)c2)cc(C(C)(C)C)c1. The van der Waals surface area contributed by atoms with Gasteiger partial charge in [0.25, 0.3) is 0 Å². The summed E-state index contributed by atoms with van der Waals surface area (Å²) >= 11 is 0. The molecule has 0 aromatic heterocycles. The van der Waals surface area contributed by atoms with Crippen LogP contribution in [0.1, 0.15) is 56.9 Å². The lowest BCUT2D eigenvalue weighted by Crippen LogP contribution is -2.22. The third-order valence-corrected chi connectivity index (χ3v) is 4.77. The average molecular weight is 382 g/mol. The largest absolute Gasteiger partial charge is 0.497 e. The number of alkyl halides is 3. The van der Waals surface area contributed by atoms with Crippen molar-refractivity contribution in [2.45, 2.75) is 58.0 Å². The van der Waals surface area contributed by atoms with Gasteiger partial charge in [-0.3, -0.25) is 0 Å². The van der Waals surface area contributed by atoms with Gasteiger partial charge in [0.05, 0.1) is 12.7 Å². The molecule has 2 aromatic carbocycles. The molecule has 0 heterocycles. The zero-order valence-electron chi connectivity index (χ0n) is 16.6. The first-order valence-electron chi connectivity index (χ1n) is 8.80. The monoisotopic (exact) mass is 382 g/mol. The van der Waals surface area contributed by atoms with Crippen LogP contribution in [0.25, 0.3) is 0 Å². The van der Waals surface area contributed by atoms with Crippen molar-refractivity contribution in [3.05, 3.63) is 64.5 Å². The van der Waals surface area contributed by atoms with E-state index in [0.717, 1.165) is 23.3 Å². The topological polar surface area (TPSA) is 9.23 Å². The van der Waals surface area contributed by atoms with Gasteiger partial charge in [-0.05, 0) is 58.2 Å².